The molecule has 0 radical (unpaired) electrons. The van der Waals surface area contributed by atoms with Crippen LogP contribution >= 0.6 is 0 Å². The summed E-state index contributed by atoms with van der Waals surface area (Å²) in [6, 6.07) is -0.497. The summed E-state index contributed by atoms with van der Waals surface area (Å²) in [6.45, 7) is 8.08. The van der Waals surface area contributed by atoms with Crippen LogP contribution in [-0.2, 0) is 9.59 Å². The summed E-state index contributed by atoms with van der Waals surface area (Å²) in [4.78, 5) is 26.9. The number of amides is 2. The molecule has 0 aromatic carbocycles. The third-order valence-electron chi connectivity index (χ3n) is 5.35. The Morgan fingerprint density at radius 3 is 2.40 bits per heavy atom. The van der Waals surface area contributed by atoms with Gasteiger partial charge >= 0.3 is 0 Å². The van der Waals surface area contributed by atoms with E-state index in [1.54, 1.807) is 0 Å². The normalized spacial score (nSPS) is 31.3. The van der Waals surface area contributed by atoms with Gasteiger partial charge in [0.2, 0.25) is 11.8 Å². The Bertz CT molecular complexity index is 377. The minimum Gasteiger partial charge on any atom is -0.342 e. The van der Waals surface area contributed by atoms with Crippen molar-refractivity contribution < 1.29 is 9.59 Å². The Morgan fingerprint density at radius 2 is 1.85 bits per heavy atom. The second kappa shape index (κ2) is 6.15. The first kappa shape index (κ1) is 15.3. The van der Waals surface area contributed by atoms with Gasteiger partial charge in [0.05, 0.1) is 0 Å². The van der Waals surface area contributed by atoms with Gasteiger partial charge in [0.1, 0.15) is 12.1 Å². The lowest BCUT2D eigenvalue weighted by Crippen LogP contribution is -2.66. The first-order valence-electron chi connectivity index (χ1n) is 8.09. The van der Waals surface area contributed by atoms with Crippen LogP contribution in [-0.4, -0.2) is 34.8 Å². The van der Waals surface area contributed by atoms with Gasteiger partial charge in [-0.3, -0.25) is 9.59 Å². The van der Waals surface area contributed by atoms with Crippen molar-refractivity contribution in [2.45, 2.75) is 77.9 Å². The van der Waals surface area contributed by atoms with E-state index in [1.807, 2.05) is 18.7 Å². The van der Waals surface area contributed by atoms with Crippen LogP contribution in [0, 0.1) is 11.8 Å². The Labute approximate surface area is 122 Å². The molecule has 20 heavy (non-hydrogen) atoms. The van der Waals surface area contributed by atoms with Crippen LogP contribution in [0.4, 0.5) is 0 Å². The summed E-state index contributed by atoms with van der Waals surface area (Å²) in [7, 11) is 0. The van der Waals surface area contributed by atoms with Crippen molar-refractivity contribution in [3.63, 3.8) is 0 Å². The Kier molecular flexibility index (Phi) is 4.71. The van der Waals surface area contributed by atoms with Crippen molar-refractivity contribution in [2.75, 3.05) is 0 Å². The molecule has 0 spiro atoms. The van der Waals surface area contributed by atoms with Crippen molar-refractivity contribution in [3.05, 3.63) is 0 Å². The Balaban J connectivity index is 2.19. The summed E-state index contributed by atoms with van der Waals surface area (Å²) in [5.41, 5.74) is 0. The minimum atomic E-state index is -0.340. The van der Waals surface area contributed by atoms with Gasteiger partial charge in [-0.05, 0) is 38.5 Å². The third-order valence-corrected chi connectivity index (χ3v) is 5.35. The van der Waals surface area contributed by atoms with Crippen LogP contribution < -0.4 is 5.32 Å². The molecule has 0 aromatic rings. The van der Waals surface area contributed by atoms with Crippen LogP contribution in [0.3, 0.4) is 0 Å². The van der Waals surface area contributed by atoms with Gasteiger partial charge in [0.15, 0.2) is 0 Å². The van der Waals surface area contributed by atoms with E-state index >= 15 is 0 Å². The monoisotopic (exact) mass is 280 g/mol. The summed E-state index contributed by atoms with van der Waals surface area (Å²) in [6.07, 6.45) is 5.79. The van der Waals surface area contributed by atoms with E-state index in [0.29, 0.717) is 5.92 Å². The Hall–Kier alpha value is -1.06. The molecule has 0 bridgehead atoms. The van der Waals surface area contributed by atoms with Gasteiger partial charge in [-0.15, -0.1) is 0 Å². The van der Waals surface area contributed by atoms with Gasteiger partial charge in [-0.25, -0.2) is 0 Å². The molecule has 1 saturated heterocycles. The molecule has 1 heterocycles. The topological polar surface area (TPSA) is 49.4 Å². The van der Waals surface area contributed by atoms with Crippen LogP contribution in [0.1, 0.15) is 59.8 Å². The zero-order chi connectivity index (χ0) is 14.9. The molecule has 4 nitrogen and oxygen atoms in total. The van der Waals surface area contributed by atoms with E-state index in [-0.39, 0.29) is 35.9 Å². The molecular formula is C16H28N2O2. The lowest BCUT2D eigenvalue weighted by molar-refractivity contribution is -0.153. The van der Waals surface area contributed by atoms with E-state index in [1.165, 1.54) is 25.7 Å². The lowest BCUT2D eigenvalue weighted by atomic mass is 9.90. The van der Waals surface area contributed by atoms with E-state index in [9.17, 15) is 9.59 Å². The number of hydrogen-bond donors (Lipinski definition) is 1. The predicted octanol–water partition coefficient (Wildman–Crippen LogP) is 2.33. The van der Waals surface area contributed by atoms with Crippen molar-refractivity contribution in [2.24, 2.45) is 11.8 Å². The first-order chi connectivity index (χ1) is 9.47. The summed E-state index contributed by atoms with van der Waals surface area (Å²) >= 11 is 0. The van der Waals surface area contributed by atoms with Gasteiger partial charge in [-0.1, -0.05) is 33.1 Å². The molecule has 4 unspecified atom stereocenters. The van der Waals surface area contributed by atoms with Crippen LogP contribution in [0.15, 0.2) is 0 Å². The highest BCUT2D eigenvalue weighted by molar-refractivity contribution is 5.97. The number of piperazine rings is 1. The largest absolute Gasteiger partial charge is 0.342 e. The molecule has 0 aromatic heterocycles. The Morgan fingerprint density at radius 1 is 1.25 bits per heavy atom. The fraction of sp³-hybridized carbons (Fsp3) is 0.875. The number of carbonyl (C=O) groups is 2. The SMILES string of the molecule is CCC(C)C1NC(=O)C(C)N(C(C)C2CCCC2)C1=O. The summed E-state index contributed by atoms with van der Waals surface area (Å²) < 4.78 is 0. The molecule has 2 rings (SSSR count). The van der Waals surface area contributed by atoms with Gasteiger partial charge in [0, 0.05) is 6.04 Å². The van der Waals surface area contributed by atoms with E-state index in [0.717, 1.165) is 6.42 Å². The fourth-order valence-corrected chi connectivity index (χ4v) is 3.66. The molecular weight excluding hydrogens is 252 g/mol. The average molecular weight is 280 g/mol. The number of nitrogens with zero attached hydrogens (tertiary/aromatic N) is 1. The fourth-order valence-electron chi connectivity index (χ4n) is 3.66. The maximum Gasteiger partial charge on any atom is 0.246 e. The lowest BCUT2D eigenvalue weighted by Gasteiger charge is -2.44. The van der Waals surface area contributed by atoms with Crippen molar-refractivity contribution in [1.29, 1.82) is 0 Å². The highest BCUT2D eigenvalue weighted by Crippen LogP contribution is 2.32. The number of hydrogen-bond acceptors (Lipinski definition) is 2. The zero-order valence-electron chi connectivity index (χ0n) is 13.2. The minimum absolute atomic E-state index is 0.000234. The quantitative estimate of drug-likeness (QED) is 0.859. The second-order valence-electron chi connectivity index (χ2n) is 6.58. The van der Waals surface area contributed by atoms with E-state index in [2.05, 4.69) is 19.2 Å². The molecule has 4 heteroatoms. The van der Waals surface area contributed by atoms with Gasteiger partial charge < -0.3 is 10.2 Å². The molecule has 114 valence electrons. The maximum atomic E-state index is 12.8. The van der Waals surface area contributed by atoms with Crippen molar-refractivity contribution >= 4 is 11.8 Å². The van der Waals surface area contributed by atoms with Crippen molar-refractivity contribution in [3.8, 4) is 0 Å². The number of nitrogens with one attached hydrogen (secondary N) is 1. The summed E-state index contributed by atoms with van der Waals surface area (Å²) in [5.74, 6) is 0.868. The number of carbonyl (C=O) groups excluding carboxylic acids is 2. The van der Waals surface area contributed by atoms with Crippen molar-refractivity contribution in [1.82, 2.24) is 10.2 Å². The highest BCUT2D eigenvalue weighted by Gasteiger charge is 2.43. The molecule has 2 aliphatic rings. The predicted molar refractivity (Wildman–Crippen MR) is 79.1 cm³/mol. The molecule has 2 amide bonds. The van der Waals surface area contributed by atoms with Crippen LogP contribution in [0.25, 0.3) is 0 Å². The summed E-state index contributed by atoms with van der Waals surface area (Å²) in [5, 5.41) is 2.91. The smallest absolute Gasteiger partial charge is 0.246 e. The van der Waals surface area contributed by atoms with Crippen LogP contribution in [0.5, 0.6) is 0 Å². The highest BCUT2D eigenvalue weighted by atomic mass is 16.2. The number of rotatable bonds is 4. The molecule has 1 aliphatic heterocycles. The molecule has 1 saturated carbocycles. The second-order valence-corrected chi connectivity index (χ2v) is 6.58. The molecule has 1 N–H and O–H groups in total. The molecule has 4 atom stereocenters. The van der Waals surface area contributed by atoms with Gasteiger partial charge in [-0.2, -0.15) is 0 Å². The average Bonchev–Trinajstić information content (AvgIpc) is 2.96. The zero-order valence-corrected chi connectivity index (χ0v) is 13.2. The molecule has 2 fully saturated rings. The first-order valence-corrected chi connectivity index (χ1v) is 8.09. The standard InChI is InChI=1S/C16H28N2O2/c1-5-10(2)14-16(20)18(12(4)15(19)17-14)11(3)13-8-6-7-9-13/h10-14H,5-9H2,1-4H3,(H,17,19). The third kappa shape index (κ3) is 2.70. The van der Waals surface area contributed by atoms with Crippen LogP contribution in [0.2, 0.25) is 0 Å². The maximum absolute atomic E-state index is 12.8. The molecule has 1 aliphatic carbocycles. The van der Waals surface area contributed by atoms with Gasteiger partial charge in [0.25, 0.3) is 0 Å². The van der Waals surface area contributed by atoms with E-state index < -0.39 is 0 Å². The van der Waals surface area contributed by atoms with E-state index in [4.69, 9.17) is 0 Å².